The topological polar surface area (TPSA) is 25.2 Å². The van der Waals surface area contributed by atoms with Gasteiger partial charge in [0.2, 0.25) is 0 Å². The van der Waals surface area contributed by atoms with Gasteiger partial charge in [0.1, 0.15) is 5.76 Å². The first-order valence-corrected chi connectivity index (χ1v) is 6.06. The molecule has 1 fully saturated rings. The molecule has 0 amide bonds. The molecule has 1 unspecified atom stereocenters. The summed E-state index contributed by atoms with van der Waals surface area (Å²) in [4.78, 5) is 0. The van der Waals surface area contributed by atoms with E-state index in [0.29, 0.717) is 0 Å². The minimum Gasteiger partial charge on any atom is -0.466 e. The van der Waals surface area contributed by atoms with E-state index in [2.05, 4.69) is 28.2 Å². The van der Waals surface area contributed by atoms with Crippen LogP contribution in [0.3, 0.4) is 0 Å². The van der Waals surface area contributed by atoms with E-state index < -0.39 is 0 Å². The monoisotopic (exact) mass is 257 g/mol. The summed E-state index contributed by atoms with van der Waals surface area (Å²) < 4.78 is 6.69. The lowest BCUT2D eigenvalue weighted by molar-refractivity contribution is 0.282. The standard InChI is InChI=1S/C11H16BrNO/c1-2-5-11(6-3-7-13-11)10-9(12)4-8-14-10/h4,8,13H,2-3,5-7H2,1H3. The highest BCUT2D eigenvalue weighted by atomic mass is 79.9. The second kappa shape index (κ2) is 4.07. The Kier molecular flexibility index (Phi) is 2.98. The van der Waals surface area contributed by atoms with Crippen LogP contribution in [0, 0.1) is 0 Å². The van der Waals surface area contributed by atoms with Crippen molar-refractivity contribution in [1.29, 1.82) is 0 Å². The van der Waals surface area contributed by atoms with Gasteiger partial charge in [0.05, 0.1) is 16.3 Å². The van der Waals surface area contributed by atoms with Crippen molar-refractivity contribution in [2.75, 3.05) is 6.54 Å². The summed E-state index contributed by atoms with van der Waals surface area (Å²) in [6.07, 6.45) is 6.52. The van der Waals surface area contributed by atoms with Crippen LogP contribution < -0.4 is 5.32 Å². The van der Waals surface area contributed by atoms with E-state index in [-0.39, 0.29) is 5.54 Å². The normalized spacial score (nSPS) is 27.0. The van der Waals surface area contributed by atoms with Gasteiger partial charge in [-0.25, -0.2) is 0 Å². The molecule has 1 atom stereocenters. The summed E-state index contributed by atoms with van der Waals surface area (Å²) in [6, 6.07) is 1.98. The van der Waals surface area contributed by atoms with Crippen LogP contribution in [0.15, 0.2) is 21.2 Å². The van der Waals surface area contributed by atoms with Gasteiger partial charge in [0, 0.05) is 0 Å². The zero-order valence-electron chi connectivity index (χ0n) is 8.48. The Morgan fingerprint density at radius 3 is 3.00 bits per heavy atom. The Morgan fingerprint density at radius 2 is 2.50 bits per heavy atom. The van der Waals surface area contributed by atoms with E-state index >= 15 is 0 Å². The van der Waals surface area contributed by atoms with E-state index in [1.165, 1.54) is 19.3 Å². The van der Waals surface area contributed by atoms with Crippen LogP contribution in [0.2, 0.25) is 0 Å². The van der Waals surface area contributed by atoms with Crippen molar-refractivity contribution >= 4 is 15.9 Å². The van der Waals surface area contributed by atoms with Crippen LogP contribution in [0.4, 0.5) is 0 Å². The summed E-state index contributed by atoms with van der Waals surface area (Å²) in [5.41, 5.74) is 0.0943. The fraction of sp³-hybridized carbons (Fsp3) is 0.636. The molecule has 1 aromatic heterocycles. The summed E-state index contributed by atoms with van der Waals surface area (Å²) in [5, 5.41) is 3.59. The van der Waals surface area contributed by atoms with Crippen LogP contribution in [0.5, 0.6) is 0 Å². The van der Waals surface area contributed by atoms with Crippen LogP contribution in [0.1, 0.15) is 38.4 Å². The van der Waals surface area contributed by atoms with Crippen molar-refractivity contribution < 1.29 is 4.42 Å². The van der Waals surface area contributed by atoms with Gasteiger partial charge in [0.15, 0.2) is 0 Å². The lowest BCUT2D eigenvalue weighted by atomic mass is 9.89. The molecule has 0 aromatic carbocycles. The Morgan fingerprint density at radius 1 is 1.64 bits per heavy atom. The van der Waals surface area contributed by atoms with Crippen LogP contribution in [0.25, 0.3) is 0 Å². The lowest BCUT2D eigenvalue weighted by Crippen LogP contribution is -2.36. The molecule has 2 rings (SSSR count). The highest BCUT2D eigenvalue weighted by Crippen LogP contribution is 2.39. The van der Waals surface area contributed by atoms with E-state index in [1.807, 2.05) is 6.07 Å². The Bertz CT molecular complexity index is 302. The van der Waals surface area contributed by atoms with Gasteiger partial charge in [-0.2, -0.15) is 0 Å². The van der Waals surface area contributed by atoms with Gasteiger partial charge in [-0.05, 0) is 47.8 Å². The van der Waals surface area contributed by atoms with Crippen LogP contribution in [-0.2, 0) is 5.54 Å². The summed E-state index contributed by atoms with van der Waals surface area (Å²) in [7, 11) is 0. The summed E-state index contributed by atoms with van der Waals surface area (Å²) >= 11 is 3.55. The maximum Gasteiger partial charge on any atom is 0.137 e. The average molecular weight is 258 g/mol. The molecule has 3 heteroatoms. The second-order valence-electron chi connectivity index (χ2n) is 3.96. The highest BCUT2D eigenvalue weighted by Gasteiger charge is 2.38. The van der Waals surface area contributed by atoms with Gasteiger partial charge in [-0.3, -0.25) is 0 Å². The average Bonchev–Trinajstić information content (AvgIpc) is 2.75. The molecule has 0 radical (unpaired) electrons. The molecule has 0 spiro atoms. The molecule has 1 aliphatic rings. The highest BCUT2D eigenvalue weighted by molar-refractivity contribution is 9.10. The van der Waals surface area contributed by atoms with Crippen molar-refractivity contribution in [3.05, 3.63) is 22.6 Å². The SMILES string of the molecule is CCCC1(c2occc2Br)CCCN1. The number of rotatable bonds is 3. The fourth-order valence-electron chi connectivity index (χ4n) is 2.39. The fourth-order valence-corrected chi connectivity index (χ4v) is 2.97. The van der Waals surface area contributed by atoms with Crippen LogP contribution in [-0.4, -0.2) is 6.54 Å². The van der Waals surface area contributed by atoms with Crippen molar-refractivity contribution in [2.24, 2.45) is 0 Å². The maximum absolute atomic E-state index is 5.59. The predicted molar refractivity (Wildman–Crippen MR) is 60.2 cm³/mol. The number of hydrogen-bond acceptors (Lipinski definition) is 2. The largest absolute Gasteiger partial charge is 0.466 e. The number of halogens is 1. The Hall–Kier alpha value is -0.280. The molecule has 1 aliphatic heterocycles. The molecule has 14 heavy (non-hydrogen) atoms. The Balaban J connectivity index is 2.31. The third-order valence-corrected chi connectivity index (χ3v) is 3.60. The van der Waals surface area contributed by atoms with Gasteiger partial charge in [0.25, 0.3) is 0 Å². The van der Waals surface area contributed by atoms with Gasteiger partial charge in [-0.1, -0.05) is 13.3 Å². The zero-order valence-corrected chi connectivity index (χ0v) is 10.1. The molecule has 0 saturated carbocycles. The molecule has 2 nitrogen and oxygen atoms in total. The van der Waals surface area contributed by atoms with Gasteiger partial charge in [-0.15, -0.1) is 0 Å². The van der Waals surface area contributed by atoms with E-state index in [1.54, 1.807) is 6.26 Å². The van der Waals surface area contributed by atoms with Crippen molar-refractivity contribution in [2.45, 2.75) is 38.1 Å². The molecule has 1 aromatic rings. The number of hydrogen-bond donors (Lipinski definition) is 1. The molecule has 1 saturated heterocycles. The zero-order chi connectivity index (χ0) is 10.0. The van der Waals surface area contributed by atoms with E-state index in [0.717, 1.165) is 23.2 Å². The van der Waals surface area contributed by atoms with E-state index in [9.17, 15) is 0 Å². The molecule has 0 aliphatic carbocycles. The third-order valence-electron chi connectivity index (χ3n) is 2.97. The second-order valence-corrected chi connectivity index (χ2v) is 4.81. The predicted octanol–water partition coefficient (Wildman–Crippen LogP) is 3.42. The summed E-state index contributed by atoms with van der Waals surface area (Å²) in [5.74, 6) is 1.08. The van der Waals surface area contributed by atoms with Crippen LogP contribution >= 0.6 is 15.9 Å². The number of furan rings is 1. The first-order valence-electron chi connectivity index (χ1n) is 5.27. The minimum atomic E-state index is 0.0943. The molecular weight excluding hydrogens is 242 g/mol. The lowest BCUT2D eigenvalue weighted by Gasteiger charge is -2.27. The smallest absolute Gasteiger partial charge is 0.137 e. The molecule has 1 N–H and O–H groups in total. The van der Waals surface area contributed by atoms with E-state index in [4.69, 9.17) is 4.42 Å². The molecule has 0 bridgehead atoms. The summed E-state index contributed by atoms with van der Waals surface area (Å²) in [6.45, 7) is 3.33. The van der Waals surface area contributed by atoms with Gasteiger partial charge >= 0.3 is 0 Å². The van der Waals surface area contributed by atoms with Crippen molar-refractivity contribution in [3.63, 3.8) is 0 Å². The maximum atomic E-state index is 5.59. The first-order chi connectivity index (χ1) is 6.78. The van der Waals surface area contributed by atoms with Gasteiger partial charge < -0.3 is 9.73 Å². The quantitative estimate of drug-likeness (QED) is 0.898. The minimum absolute atomic E-state index is 0.0943. The molecule has 78 valence electrons. The molecular formula is C11H16BrNO. The third kappa shape index (κ3) is 1.63. The van der Waals surface area contributed by atoms with Crippen molar-refractivity contribution in [3.8, 4) is 0 Å². The molecule has 2 heterocycles. The number of nitrogens with one attached hydrogen (secondary N) is 1. The Labute approximate surface area is 93.2 Å². The van der Waals surface area contributed by atoms with Crippen molar-refractivity contribution in [1.82, 2.24) is 5.32 Å². The first kappa shape index (κ1) is 10.2.